The van der Waals surface area contributed by atoms with Gasteiger partial charge in [0.05, 0.1) is 13.2 Å². The number of hydrogen-bond acceptors (Lipinski definition) is 7. The van der Waals surface area contributed by atoms with E-state index in [2.05, 4.69) is 15.5 Å². The molecule has 0 aromatic rings. The first-order valence-electron chi connectivity index (χ1n) is 8.05. The minimum absolute atomic E-state index is 0.0431. The second-order valence-electron chi connectivity index (χ2n) is 5.34. The van der Waals surface area contributed by atoms with Crippen LogP contribution in [0.15, 0.2) is 0 Å². The number of rotatable bonds is 11. The number of nitrogens with one attached hydrogen (secondary N) is 2. The van der Waals surface area contributed by atoms with Gasteiger partial charge in [0.15, 0.2) is 0 Å². The Balaban J connectivity index is 2.01. The van der Waals surface area contributed by atoms with Gasteiger partial charge in [-0.05, 0) is 6.42 Å². The van der Waals surface area contributed by atoms with Crippen molar-refractivity contribution in [3.63, 3.8) is 0 Å². The smallest absolute Gasteiger partial charge is 0.333 e. The lowest BCUT2D eigenvalue weighted by atomic mass is 10.2. The van der Waals surface area contributed by atoms with E-state index in [1.165, 1.54) is 6.92 Å². The van der Waals surface area contributed by atoms with Crippen LogP contribution in [0.1, 0.15) is 39.0 Å². The minimum atomic E-state index is -0.724. The predicted octanol–water partition coefficient (Wildman–Crippen LogP) is -0.967. The van der Waals surface area contributed by atoms with Gasteiger partial charge in [0.25, 0.3) is 11.8 Å². The van der Waals surface area contributed by atoms with Crippen molar-refractivity contribution in [3.8, 4) is 0 Å². The molecule has 0 spiro atoms. The molecule has 0 aromatic heterocycles. The van der Waals surface area contributed by atoms with Crippen molar-refractivity contribution >= 4 is 29.6 Å². The van der Waals surface area contributed by atoms with Gasteiger partial charge >= 0.3 is 5.97 Å². The lowest BCUT2D eigenvalue weighted by molar-refractivity contribution is -0.197. The van der Waals surface area contributed by atoms with Crippen LogP contribution in [-0.4, -0.2) is 61.0 Å². The minimum Gasteiger partial charge on any atom is -0.378 e. The fraction of sp³-hybridized carbons (Fsp3) is 0.667. The van der Waals surface area contributed by atoms with Crippen molar-refractivity contribution in [2.75, 3.05) is 26.3 Å². The Kier molecular flexibility index (Phi) is 9.15. The molecule has 1 aliphatic rings. The van der Waals surface area contributed by atoms with Gasteiger partial charge in [-0.25, -0.2) is 4.79 Å². The summed E-state index contributed by atoms with van der Waals surface area (Å²) in [5.74, 6) is -2.16. The summed E-state index contributed by atoms with van der Waals surface area (Å²) in [4.78, 5) is 60.9. The molecule has 1 aliphatic heterocycles. The largest absolute Gasteiger partial charge is 0.378 e. The molecule has 10 nitrogen and oxygen atoms in total. The van der Waals surface area contributed by atoms with Crippen LogP contribution in [0, 0.1) is 0 Å². The zero-order chi connectivity index (χ0) is 18.7. The number of amides is 4. The SMILES string of the molecule is CC(=O)NCCOCCNC(=O)CCCC(=O)ON1C(=O)CCC1=O. The van der Waals surface area contributed by atoms with E-state index in [9.17, 15) is 24.0 Å². The Morgan fingerprint density at radius 1 is 1.00 bits per heavy atom. The zero-order valence-electron chi connectivity index (χ0n) is 14.2. The van der Waals surface area contributed by atoms with Crippen LogP contribution in [0.2, 0.25) is 0 Å². The van der Waals surface area contributed by atoms with Gasteiger partial charge in [-0.2, -0.15) is 0 Å². The third-order valence-electron chi connectivity index (χ3n) is 3.17. The Morgan fingerprint density at radius 3 is 2.20 bits per heavy atom. The quantitative estimate of drug-likeness (QED) is 0.359. The van der Waals surface area contributed by atoms with Gasteiger partial charge in [-0.15, -0.1) is 5.06 Å². The molecule has 25 heavy (non-hydrogen) atoms. The molecule has 0 aromatic carbocycles. The Labute approximate surface area is 145 Å². The number of hydroxylamine groups is 2. The van der Waals surface area contributed by atoms with Crippen molar-refractivity contribution in [2.24, 2.45) is 0 Å². The molecule has 0 saturated carbocycles. The lowest BCUT2D eigenvalue weighted by Crippen LogP contribution is -2.32. The van der Waals surface area contributed by atoms with Gasteiger partial charge in [0.1, 0.15) is 0 Å². The number of hydrogen-bond donors (Lipinski definition) is 2. The first-order valence-corrected chi connectivity index (χ1v) is 8.05. The molecule has 1 saturated heterocycles. The summed E-state index contributed by atoms with van der Waals surface area (Å²) in [5.41, 5.74) is 0. The topological polar surface area (TPSA) is 131 Å². The summed E-state index contributed by atoms with van der Waals surface area (Å²) < 4.78 is 5.20. The molecule has 0 atom stereocenters. The number of carbonyl (C=O) groups excluding carboxylic acids is 5. The molecule has 140 valence electrons. The van der Waals surface area contributed by atoms with Crippen LogP contribution in [-0.2, 0) is 33.5 Å². The highest BCUT2D eigenvalue weighted by molar-refractivity contribution is 6.01. The molecule has 0 aliphatic carbocycles. The average Bonchev–Trinajstić information content (AvgIpc) is 2.85. The molecule has 0 bridgehead atoms. The fourth-order valence-electron chi connectivity index (χ4n) is 1.95. The van der Waals surface area contributed by atoms with Gasteiger partial charge < -0.3 is 20.2 Å². The third-order valence-corrected chi connectivity index (χ3v) is 3.17. The highest BCUT2D eigenvalue weighted by atomic mass is 16.7. The predicted molar refractivity (Wildman–Crippen MR) is 83.5 cm³/mol. The van der Waals surface area contributed by atoms with E-state index in [-0.39, 0.29) is 43.9 Å². The maximum absolute atomic E-state index is 11.6. The van der Waals surface area contributed by atoms with Crippen LogP contribution in [0.5, 0.6) is 0 Å². The molecular formula is C15H23N3O7. The second-order valence-corrected chi connectivity index (χ2v) is 5.34. The third kappa shape index (κ3) is 8.80. The van der Waals surface area contributed by atoms with Crippen molar-refractivity contribution < 1.29 is 33.5 Å². The van der Waals surface area contributed by atoms with E-state index in [0.29, 0.717) is 31.4 Å². The second kappa shape index (κ2) is 11.1. The fourth-order valence-corrected chi connectivity index (χ4v) is 1.95. The molecular weight excluding hydrogens is 334 g/mol. The summed E-state index contributed by atoms with van der Waals surface area (Å²) in [6.07, 6.45) is 0.369. The maximum Gasteiger partial charge on any atom is 0.333 e. The Morgan fingerprint density at radius 2 is 1.60 bits per heavy atom. The zero-order valence-corrected chi connectivity index (χ0v) is 14.2. The van der Waals surface area contributed by atoms with Crippen LogP contribution in [0.25, 0.3) is 0 Å². The van der Waals surface area contributed by atoms with Gasteiger partial charge in [0, 0.05) is 45.7 Å². The summed E-state index contributed by atoms with van der Waals surface area (Å²) in [7, 11) is 0. The van der Waals surface area contributed by atoms with Gasteiger partial charge in [0.2, 0.25) is 11.8 Å². The maximum atomic E-state index is 11.6. The average molecular weight is 357 g/mol. The van der Waals surface area contributed by atoms with E-state index < -0.39 is 17.8 Å². The normalized spacial score (nSPS) is 13.7. The van der Waals surface area contributed by atoms with Crippen molar-refractivity contribution in [1.82, 2.24) is 15.7 Å². The van der Waals surface area contributed by atoms with Crippen molar-refractivity contribution in [2.45, 2.75) is 39.0 Å². The molecule has 4 amide bonds. The molecule has 1 fully saturated rings. The molecule has 2 N–H and O–H groups in total. The monoisotopic (exact) mass is 357 g/mol. The highest BCUT2D eigenvalue weighted by Gasteiger charge is 2.32. The molecule has 0 unspecified atom stereocenters. The summed E-state index contributed by atoms with van der Waals surface area (Å²) in [6.45, 7) is 2.81. The van der Waals surface area contributed by atoms with Crippen LogP contribution >= 0.6 is 0 Å². The molecule has 10 heteroatoms. The van der Waals surface area contributed by atoms with Crippen LogP contribution in [0.3, 0.4) is 0 Å². The summed E-state index contributed by atoms with van der Waals surface area (Å²) >= 11 is 0. The van der Waals surface area contributed by atoms with Crippen LogP contribution < -0.4 is 10.6 Å². The number of nitrogens with zero attached hydrogens (tertiary/aromatic N) is 1. The number of carbonyl (C=O) groups is 5. The van der Waals surface area contributed by atoms with E-state index >= 15 is 0 Å². The van der Waals surface area contributed by atoms with E-state index in [1.807, 2.05) is 0 Å². The number of ether oxygens (including phenoxy) is 1. The first kappa shape index (κ1) is 20.6. The molecule has 0 radical (unpaired) electrons. The van der Waals surface area contributed by atoms with E-state index in [0.717, 1.165) is 0 Å². The number of imide groups is 1. The first-order chi connectivity index (χ1) is 11.9. The standard InChI is InChI=1S/C15H23N3O7/c1-11(19)16-7-9-24-10-8-17-12(20)3-2-4-15(23)25-18-13(21)5-6-14(18)22/h2-10H2,1H3,(H,16,19)(H,17,20). The molecule has 1 rings (SSSR count). The molecule has 1 heterocycles. The van der Waals surface area contributed by atoms with Gasteiger partial charge in [-0.1, -0.05) is 0 Å². The highest BCUT2D eigenvalue weighted by Crippen LogP contribution is 2.13. The van der Waals surface area contributed by atoms with E-state index in [1.54, 1.807) is 0 Å². The van der Waals surface area contributed by atoms with Gasteiger partial charge in [-0.3, -0.25) is 19.2 Å². The summed E-state index contributed by atoms with van der Waals surface area (Å²) in [6, 6.07) is 0. The Hall–Kier alpha value is -2.49. The van der Waals surface area contributed by atoms with Crippen molar-refractivity contribution in [1.29, 1.82) is 0 Å². The van der Waals surface area contributed by atoms with Crippen LogP contribution in [0.4, 0.5) is 0 Å². The van der Waals surface area contributed by atoms with E-state index in [4.69, 9.17) is 4.74 Å². The lowest BCUT2D eigenvalue weighted by Gasteiger charge is -2.12. The summed E-state index contributed by atoms with van der Waals surface area (Å²) in [5, 5.41) is 5.68. The van der Waals surface area contributed by atoms with Crippen molar-refractivity contribution in [3.05, 3.63) is 0 Å². The Bertz CT molecular complexity index is 505.